The van der Waals surface area contributed by atoms with Crippen LogP contribution in [0.5, 0.6) is 0 Å². The highest BCUT2D eigenvalue weighted by molar-refractivity contribution is 7.88. The van der Waals surface area contributed by atoms with Crippen molar-refractivity contribution in [2.45, 2.75) is 31.1 Å². The number of carbonyl (C=O) groups excluding carboxylic acids is 1. The molecule has 0 radical (unpaired) electrons. The third-order valence-electron chi connectivity index (χ3n) is 5.99. The zero-order chi connectivity index (χ0) is 22.2. The Morgan fingerprint density at radius 3 is 2.39 bits per heavy atom. The number of sulfonamides is 1. The molecule has 2 aromatic rings. The molecule has 1 atom stereocenters. The number of benzene rings is 1. The molecule has 3 heterocycles. The number of carbonyl (C=O) groups is 1. The molecule has 1 N–H and O–H groups in total. The van der Waals surface area contributed by atoms with Crippen molar-refractivity contribution in [3.8, 4) is 0 Å². The van der Waals surface area contributed by atoms with Gasteiger partial charge in [0.15, 0.2) is 0 Å². The standard InChI is InChI=1S/C21H26FN5O3S/c1-23-19-12-18(15-11-20(28)27(13-15)17-5-3-16(22)4-6-17)24-21(25-19)14-7-9-26(10-8-14)31(2,29)30/h3-6,12,14-15H,7-11,13H2,1-2H3,(H,23,24,25)/t15-/m1/s1. The van der Waals surface area contributed by atoms with Crippen molar-refractivity contribution in [3.05, 3.63) is 47.7 Å². The predicted octanol–water partition coefficient (Wildman–Crippen LogP) is 2.32. The summed E-state index contributed by atoms with van der Waals surface area (Å²) in [5.74, 6) is 0.969. The highest BCUT2D eigenvalue weighted by atomic mass is 32.2. The van der Waals surface area contributed by atoms with Crippen LogP contribution in [-0.2, 0) is 14.8 Å². The average Bonchev–Trinajstić information content (AvgIpc) is 3.15. The van der Waals surface area contributed by atoms with E-state index in [-0.39, 0.29) is 23.6 Å². The van der Waals surface area contributed by atoms with Crippen molar-refractivity contribution in [2.75, 3.05) is 43.2 Å². The Bertz CT molecular complexity index is 1070. The van der Waals surface area contributed by atoms with Crippen LogP contribution in [0.4, 0.5) is 15.9 Å². The summed E-state index contributed by atoms with van der Waals surface area (Å²) in [6, 6.07) is 7.77. The third-order valence-corrected chi connectivity index (χ3v) is 7.29. The molecule has 0 aliphatic carbocycles. The normalized spacial score (nSPS) is 20.9. The summed E-state index contributed by atoms with van der Waals surface area (Å²) in [6.45, 7) is 1.37. The van der Waals surface area contributed by atoms with Gasteiger partial charge in [0, 0.05) is 56.7 Å². The summed E-state index contributed by atoms with van der Waals surface area (Å²) in [4.78, 5) is 23.7. The van der Waals surface area contributed by atoms with E-state index in [4.69, 9.17) is 4.98 Å². The molecule has 1 amide bonds. The molecule has 2 aliphatic heterocycles. The first-order chi connectivity index (χ1) is 14.7. The lowest BCUT2D eigenvalue weighted by Crippen LogP contribution is -2.37. The number of rotatable bonds is 5. The summed E-state index contributed by atoms with van der Waals surface area (Å²) < 4.78 is 38.3. The lowest BCUT2D eigenvalue weighted by atomic mass is 9.96. The van der Waals surface area contributed by atoms with Gasteiger partial charge in [-0.25, -0.2) is 27.1 Å². The molecule has 1 aromatic carbocycles. The Kier molecular flexibility index (Phi) is 5.94. The van der Waals surface area contributed by atoms with Crippen LogP contribution in [0.3, 0.4) is 0 Å². The number of halogens is 1. The van der Waals surface area contributed by atoms with Crippen molar-refractivity contribution in [3.63, 3.8) is 0 Å². The van der Waals surface area contributed by atoms with Gasteiger partial charge < -0.3 is 10.2 Å². The molecule has 8 nitrogen and oxygen atoms in total. The lowest BCUT2D eigenvalue weighted by Gasteiger charge is -2.29. The number of nitrogens with zero attached hydrogens (tertiary/aromatic N) is 4. The minimum Gasteiger partial charge on any atom is -0.373 e. The molecule has 166 valence electrons. The molecular weight excluding hydrogens is 421 g/mol. The van der Waals surface area contributed by atoms with E-state index < -0.39 is 10.0 Å². The molecule has 0 spiro atoms. The lowest BCUT2D eigenvalue weighted by molar-refractivity contribution is -0.117. The van der Waals surface area contributed by atoms with Gasteiger partial charge in [0.05, 0.1) is 11.9 Å². The van der Waals surface area contributed by atoms with E-state index in [0.29, 0.717) is 56.2 Å². The van der Waals surface area contributed by atoms with Crippen LogP contribution >= 0.6 is 0 Å². The second kappa shape index (κ2) is 8.51. The van der Waals surface area contributed by atoms with Crippen LogP contribution in [0, 0.1) is 5.82 Å². The molecule has 10 heteroatoms. The second-order valence-electron chi connectivity index (χ2n) is 8.10. The molecule has 2 fully saturated rings. The van der Waals surface area contributed by atoms with Crippen LogP contribution in [0.15, 0.2) is 30.3 Å². The highest BCUT2D eigenvalue weighted by Gasteiger charge is 2.34. The fourth-order valence-corrected chi connectivity index (χ4v) is 5.10. The SMILES string of the molecule is CNc1cc([C@@H]2CC(=O)N(c3ccc(F)cc3)C2)nc(C2CCN(S(C)(=O)=O)CC2)n1. The molecule has 1 aromatic heterocycles. The van der Waals surface area contributed by atoms with Gasteiger partial charge in [-0.3, -0.25) is 4.79 Å². The predicted molar refractivity (Wildman–Crippen MR) is 116 cm³/mol. The van der Waals surface area contributed by atoms with E-state index in [1.54, 1.807) is 24.1 Å². The van der Waals surface area contributed by atoms with Gasteiger partial charge in [0.25, 0.3) is 0 Å². The topological polar surface area (TPSA) is 95.5 Å². The Morgan fingerprint density at radius 1 is 1.10 bits per heavy atom. The van der Waals surface area contributed by atoms with Crippen molar-refractivity contribution in [2.24, 2.45) is 0 Å². The molecule has 0 unspecified atom stereocenters. The highest BCUT2D eigenvalue weighted by Crippen LogP contribution is 2.34. The van der Waals surface area contributed by atoms with Crippen molar-refractivity contribution in [1.29, 1.82) is 0 Å². The largest absolute Gasteiger partial charge is 0.373 e. The van der Waals surface area contributed by atoms with Crippen molar-refractivity contribution in [1.82, 2.24) is 14.3 Å². The third kappa shape index (κ3) is 4.69. The van der Waals surface area contributed by atoms with Crippen molar-refractivity contribution >= 4 is 27.4 Å². The number of hydrogen-bond acceptors (Lipinski definition) is 6. The van der Waals surface area contributed by atoms with Gasteiger partial charge >= 0.3 is 0 Å². The fraction of sp³-hybridized carbons (Fsp3) is 0.476. The molecule has 0 saturated carbocycles. The molecule has 2 saturated heterocycles. The average molecular weight is 448 g/mol. The van der Waals surface area contributed by atoms with E-state index in [0.717, 1.165) is 5.69 Å². The zero-order valence-corrected chi connectivity index (χ0v) is 18.4. The summed E-state index contributed by atoms with van der Waals surface area (Å²) in [7, 11) is -1.41. The van der Waals surface area contributed by atoms with Gasteiger partial charge in [0.1, 0.15) is 17.5 Å². The Labute approximate surface area is 181 Å². The number of nitrogens with one attached hydrogen (secondary N) is 1. The maximum Gasteiger partial charge on any atom is 0.227 e. The maximum absolute atomic E-state index is 13.2. The van der Waals surface area contributed by atoms with E-state index in [9.17, 15) is 17.6 Å². The number of anilines is 2. The first-order valence-corrected chi connectivity index (χ1v) is 12.2. The first kappa shape index (κ1) is 21.6. The minimum absolute atomic E-state index is 0.0239. The summed E-state index contributed by atoms with van der Waals surface area (Å²) in [6.07, 6.45) is 2.87. The Balaban J connectivity index is 1.54. The quantitative estimate of drug-likeness (QED) is 0.756. The van der Waals surface area contributed by atoms with Gasteiger partial charge in [-0.1, -0.05) is 0 Å². The smallest absolute Gasteiger partial charge is 0.227 e. The van der Waals surface area contributed by atoms with E-state index >= 15 is 0 Å². The Morgan fingerprint density at radius 2 is 1.77 bits per heavy atom. The number of aromatic nitrogens is 2. The van der Waals surface area contributed by atoms with Gasteiger partial charge in [-0.05, 0) is 37.1 Å². The zero-order valence-electron chi connectivity index (χ0n) is 17.6. The van der Waals surface area contributed by atoms with Crippen LogP contribution < -0.4 is 10.2 Å². The molecule has 0 bridgehead atoms. The molecule has 4 rings (SSSR count). The van der Waals surface area contributed by atoms with E-state index in [1.165, 1.54) is 22.7 Å². The number of amides is 1. The fourth-order valence-electron chi connectivity index (χ4n) is 4.23. The molecule has 31 heavy (non-hydrogen) atoms. The van der Waals surface area contributed by atoms with E-state index in [2.05, 4.69) is 10.3 Å². The number of hydrogen-bond donors (Lipinski definition) is 1. The van der Waals surface area contributed by atoms with Gasteiger partial charge in [-0.15, -0.1) is 0 Å². The maximum atomic E-state index is 13.2. The van der Waals surface area contributed by atoms with Gasteiger partial charge in [-0.2, -0.15) is 0 Å². The van der Waals surface area contributed by atoms with Crippen molar-refractivity contribution < 1.29 is 17.6 Å². The van der Waals surface area contributed by atoms with Crippen LogP contribution in [0.25, 0.3) is 0 Å². The van der Waals surface area contributed by atoms with Crippen LogP contribution in [0.1, 0.15) is 42.6 Å². The molecule has 2 aliphatic rings. The minimum atomic E-state index is -3.19. The Hall–Kier alpha value is -2.59. The van der Waals surface area contributed by atoms with Gasteiger partial charge in [0.2, 0.25) is 15.9 Å². The van der Waals surface area contributed by atoms with E-state index in [1.807, 2.05) is 6.07 Å². The second-order valence-corrected chi connectivity index (χ2v) is 10.1. The first-order valence-electron chi connectivity index (χ1n) is 10.3. The molecular formula is C21H26FN5O3S. The summed E-state index contributed by atoms with van der Waals surface area (Å²) in [5.41, 5.74) is 1.46. The van der Waals surface area contributed by atoms with Crippen LogP contribution in [0.2, 0.25) is 0 Å². The summed E-state index contributed by atoms with van der Waals surface area (Å²) >= 11 is 0. The van der Waals surface area contributed by atoms with Crippen LogP contribution in [-0.4, -0.2) is 61.5 Å². The monoisotopic (exact) mass is 447 g/mol. The number of piperidine rings is 1. The summed E-state index contributed by atoms with van der Waals surface area (Å²) in [5, 5.41) is 3.07.